The van der Waals surface area contributed by atoms with E-state index in [0.717, 1.165) is 45.6 Å². The summed E-state index contributed by atoms with van der Waals surface area (Å²) in [6.45, 7) is 6.20. The molecule has 1 N–H and O–H groups in total. The summed E-state index contributed by atoms with van der Waals surface area (Å²) in [5, 5.41) is 10.6. The molecule has 0 radical (unpaired) electrons. The number of piperidine rings is 1. The van der Waals surface area contributed by atoms with E-state index in [4.69, 9.17) is 4.74 Å². The Morgan fingerprint density at radius 2 is 1.50 bits per heavy atom. The number of aliphatic hydroxyl groups excluding tert-OH is 1. The first-order chi connectivity index (χ1) is 9.84. The topological polar surface area (TPSA) is 35.9 Å². The molecule has 3 heterocycles. The van der Waals surface area contributed by atoms with E-state index in [1.165, 1.54) is 38.8 Å². The monoisotopic (exact) mass is 282 g/mol. The molecule has 3 saturated heterocycles. The fourth-order valence-electron chi connectivity index (χ4n) is 4.18. The van der Waals surface area contributed by atoms with Gasteiger partial charge in [0.1, 0.15) is 0 Å². The number of hydrogen-bond donors (Lipinski definition) is 1. The van der Waals surface area contributed by atoms with E-state index in [9.17, 15) is 5.11 Å². The zero-order chi connectivity index (χ0) is 13.8. The minimum Gasteiger partial charge on any atom is -0.390 e. The van der Waals surface area contributed by atoms with E-state index in [1.54, 1.807) is 0 Å². The van der Waals surface area contributed by atoms with E-state index in [2.05, 4.69) is 9.80 Å². The number of likely N-dealkylation sites (tertiary alicyclic amines) is 2. The van der Waals surface area contributed by atoms with Gasteiger partial charge in [0.05, 0.1) is 6.10 Å². The summed E-state index contributed by atoms with van der Waals surface area (Å²) in [6.07, 6.45) is 8.62. The highest BCUT2D eigenvalue weighted by Crippen LogP contribution is 2.24. The van der Waals surface area contributed by atoms with Crippen LogP contribution in [0, 0.1) is 0 Å². The lowest BCUT2D eigenvalue weighted by molar-refractivity contribution is -0.0445. The quantitative estimate of drug-likeness (QED) is 0.832. The van der Waals surface area contributed by atoms with Gasteiger partial charge in [0.2, 0.25) is 0 Å². The number of β-amino-alcohol motifs (C(OH)–C–C–N with tert-alkyl or cyclic N) is 1. The van der Waals surface area contributed by atoms with Crippen molar-refractivity contribution in [3.8, 4) is 0 Å². The molecule has 4 heteroatoms. The number of ether oxygens (including phenoxy) is 1. The summed E-state index contributed by atoms with van der Waals surface area (Å²) in [6, 6.07) is 1.05. The predicted molar refractivity (Wildman–Crippen MR) is 79.9 cm³/mol. The average Bonchev–Trinajstić information content (AvgIpc) is 2.77. The summed E-state index contributed by atoms with van der Waals surface area (Å²) in [7, 11) is 0. The van der Waals surface area contributed by atoms with Crippen molar-refractivity contribution in [3.05, 3.63) is 0 Å². The third kappa shape index (κ3) is 3.53. The molecular formula is C16H30N2O2. The van der Waals surface area contributed by atoms with Crippen molar-refractivity contribution in [1.29, 1.82) is 0 Å². The molecule has 4 nitrogen and oxygen atoms in total. The second kappa shape index (κ2) is 7.21. The van der Waals surface area contributed by atoms with Crippen LogP contribution in [0.1, 0.15) is 44.9 Å². The third-order valence-corrected chi connectivity index (χ3v) is 5.39. The maximum Gasteiger partial charge on any atom is 0.0822 e. The minimum atomic E-state index is -0.162. The second-order valence-corrected chi connectivity index (χ2v) is 6.71. The lowest BCUT2D eigenvalue weighted by Crippen LogP contribution is -2.57. The molecule has 20 heavy (non-hydrogen) atoms. The highest BCUT2D eigenvalue weighted by Gasteiger charge is 2.35. The maximum atomic E-state index is 10.6. The summed E-state index contributed by atoms with van der Waals surface area (Å²) >= 11 is 0. The fraction of sp³-hybridized carbons (Fsp3) is 1.00. The Kier molecular flexibility index (Phi) is 5.32. The van der Waals surface area contributed by atoms with E-state index in [-0.39, 0.29) is 6.10 Å². The van der Waals surface area contributed by atoms with Crippen molar-refractivity contribution < 1.29 is 9.84 Å². The second-order valence-electron chi connectivity index (χ2n) is 6.71. The molecule has 0 aromatic heterocycles. The van der Waals surface area contributed by atoms with Crippen LogP contribution in [0.25, 0.3) is 0 Å². The van der Waals surface area contributed by atoms with Crippen LogP contribution in [0.2, 0.25) is 0 Å². The molecule has 116 valence electrons. The zero-order valence-corrected chi connectivity index (χ0v) is 12.7. The summed E-state index contributed by atoms with van der Waals surface area (Å²) in [5.41, 5.74) is 0. The van der Waals surface area contributed by atoms with Crippen LogP contribution in [-0.2, 0) is 4.74 Å². The molecule has 3 fully saturated rings. The number of nitrogens with zero attached hydrogens (tertiary/aromatic N) is 2. The Balaban J connectivity index is 1.53. The highest BCUT2D eigenvalue weighted by molar-refractivity contribution is 4.90. The molecule has 3 rings (SSSR count). The molecule has 0 aromatic rings. The van der Waals surface area contributed by atoms with E-state index >= 15 is 0 Å². The van der Waals surface area contributed by atoms with E-state index < -0.39 is 0 Å². The highest BCUT2D eigenvalue weighted by atomic mass is 16.5. The average molecular weight is 282 g/mol. The molecule has 3 aliphatic rings. The molecular weight excluding hydrogens is 252 g/mol. The molecule has 0 saturated carbocycles. The Bertz CT molecular complexity index is 286. The van der Waals surface area contributed by atoms with Crippen molar-refractivity contribution >= 4 is 0 Å². The van der Waals surface area contributed by atoms with Gasteiger partial charge in [0.25, 0.3) is 0 Å². The molecule has 0 unspecified atom stereocenters. The van der Waals surface area contributed by atoms with Crippen molar-refractivity contribution in [2.75, 3.05) is 39.4 Å². The van der Waals surface area contributed by atoms with E-state index in [1.807, 2.05) is 0 Å². The lowest BCUT2D eigenvalue weighted by atomic mass is 9.96. The van der Waals surface area contributed by atoms with Crippen LogP contribution in [0.3, 0.4) is 0 Å². The molecule has 2 atom stereocenters. The SMILES string of the molecule is O[C@@H]1CN(C2CCOCC2)CC[C@H]1N1CCCCCC1. The smallest absolute Gasteiger partial charge is 0.0822 e. The van der Waals surface area contributed by atoms with Crippen LogP contribution < -0.4 is 0 Å². The Labute approximate surface area is 123 Å². The van der Waals surface area contributed by atoms with Gasteiger partial charge in [0.15, 0.2) is 0 Å². The van der Waals surface area contributed by atoms with E-state index in [0.29, 0.717) is 12.1 Å². The van der Waals surface area contributed by atoms with Gasteiger partial charge in [-0.05, 0) is 45.2 Å². The first-order valence-corrected chi connectivity index (χ1v) is 8.58. The van der Waals surface area contributed by atoms with Crippen LogP contribution in [0.4, 0.5) is 0 Å². The van der Waals surface area contributed by atoms with Gasteiger partial charge >= 0.3 is 0 Å². The summed E-state index contributed by atoms with van der Waals surface area (Å²) in [5.74, 6) is 0. The largest absolute Gasteiger partial charge is 0.390 e. The number of hydrogen-bond acceptors (Lipinski definition) is 4. The summed E-state index contributed by atoms with van der Waals surface area (Å²) in [4.78, 5) is 5.08. The van der Waals surface area contributed by atoms with Crippen molar-refractivity contribution in [3.63, 3.8) is 0 Å². The van der Waals surface area contributed by atoms with Gasteiger partial charge in [-0.2, -0.15) is 0 Å². The first-order valence-electron chi connectivity index (χ1n) is 8.58. The Hall–Kier alpha value is -0.160. The van der Waals surface area contributed by atoms with Crippen molar-refractivity contribution in [1.82, 2.24) is 9.80 Å². The fourth-order valence-corrected chi connectivity index (χ4v) is 4.18. The van der Waals surface area contributed by atoms with Crippen LogP contribution >= 0.6 is 0 Å². The molecule has 0 amide bonds. The normalized spacial score (nSPS) is 35.9. The van der Waals surface area contributed by atoms with Gasteiger partial charge in [0, 0.05) is 38.4 Å². The Morgan fingerprint density at radius 3 is 2.15 bits per heavy atom. The van der Waals surface area contributed by atoms with Gasteiger partial charge in [-0.3, -0.25) is 9.80 Å². The summed E-state index contributed by atoms with van der Waals surface area (Å²) < 4.78 is 5.45. The third-order valence-electron chi connectivity index (χ3n) is 5.39. The maximum absolute atomic E-state index is 10.6. The lowest BCUT2D eigenvalue weighted by Gasteiger charge is -2.45. The molecule has 0 aliphatic carbocycles. The van der Waals surface area contributed by atoms with Gasteiger partial charge in [-0.1, -0.05) is 12.8 Å². The van der Waals surface area contributed by atoms with Gasteiger partial charge < -0.3 is 9.84 Å². The molecule has 0 spiro atoms. The van der Waals surface area contributed by atoms with Gasteiger partial charge in [-0.15, -0.1) is 0 Å². The predicted octanol–water partition coefficient (Wildman–Crippen LogP) is 1.48. The molecule has 3 aliphatic heterocycles. The van der Waals surface area contributed by atoms with Crippen LogP contribution in [0.15, 0.2) is 0 Å². The van der Waals surface area contributed by atoms with Gasteiger partial charge in [-0.25, -0.2) is 0 Å². The van der Waals surface area contributed by atoms with Crippen LogP contribution in [0.5, 0.6) is 0 Å². The molecule has 0 aromatic carbocycles. The van der Waals surface area contributed by atoms with Crippen molar-refractivity contribution in [2.24, 2.45) is 0 Å². The zero-order valence-electron chi connectivity index (χ0n) is 12.7. The number of rotatable bonds is 2. The minimum absolute atomic E-state index is 0.162. The van der Waals surface area contributed by atoms with Crippen LogP contribution in [-0.4, -0.2) is 72.5 Å². The number of aliphatic hydroxyl groups is 1. The Morgan fingerprint density at radius 1 is 0.800 bits per heavy atom. The first kappa shape index (κ1) is 14.8. The standard InChI is InChI=1S/C16H30N2O2/c19-16-13-18(14-6-11-20-12-7-14)10-5-15(16)17-8-3-1-2-4-9-17/h14-16,19H,1-13H2/t15-,16-/m1/s1. The van der Waals surface area contributed by atoms with Crippen molar-refractivity contribution in [2.45, 2.75) is 63.1 Å². The molecule has 0 bridgehead atoms.